The summed E-state index contributed by atoms with van der Waals surface area (Å²) in [6, 6.07) is 0. The minimum Gasteiger partial charge on any atom is -0.382 e. The van der Waals surface area contributed by atoms with Gasteiger partial charge in [0.2, 0.25) is 0 Å². The van der Waals surface area contributed by atoms with Crippen LogP contribution in [0.2, 0.25) is 0 Å². The smallest absolute Gasteiger partial charge is 0.184 e. The summed E-state index contributed by atoms with van der Waals surface area (Å²) < 4.78 is 26.1. The Balaban J connectivity index is 2.71. The minimum absolute atomic E-state index is 0.301. The standard InChI is InChI=1S/C10H20O6/c1-12-5-6(13-2)7-8(14-3)9(15-4)10(11)16-7/h6-11H,5H2,1-4H3/t6-,7-,8+,9-,10-/m0/s1. The quantitative estimate of drug-likeness (QED) is 0.664. The van der Waals surface area contributed by atoms with Gasteiger partial charge in [0, 0.05) is 28.4 Å². The molecule has 0 unspecified atom stereocenters. The van der Waals surface area contributed by atoms with Gasteiger partial charge in [-0.2, -0.15) is 0 Å². The average molecular weight is 236 g/mol. The average Bonchev–Trinajstić information content (AvgIpc) is 2.61. The highest BCUT2D eigenvalue weighted by Gasteiger charge is 2.48. The summed E-state index contributed by atoms with van der Waals surface area (Å²) in [4.78, 5) is 0. The molecule has 1 fully saturated rings. The van der Waals surface area contributed by atoms with E-state index in [0.717, 1.165) is 0 Å². The van der Waals surface area contributed by atoms with Gasteiger partial charge >= 0.3 is 0 Å². The third-order valence-corrected chi connectivity index (χ3v) is 2.77. The molecule has 1 aliphatic heterocycles. The van der Waals surface area contributed by atoms with Crippen LogP contribution in [0.15, 0.2) is 0 Å². The number of aliphatic hydroxyl groups is 1. The molecule has 1 saturated heterocycles. The van der Waals surface area contributed by atoms with Gasteiger partial charge in [0.05, 0.1) is 6.61 Å². The van der Waals surface area contributed by atoms with Crippen LogP contribution in [0.1, 0.15) is 0 Å². The molecule has 6 nitrogen and oxygen atoms in total. The molecule has 16 heavy (non-hydrogen) atoms. The van der Waals surface area contributed by atoms with Crippen LogP contribution in [0.25, 0.3) is 0 Å². The zero-order chi connectivity index (χ0) is 12.1. The maximum absolute atomic E-state index is 9.65. The lowest BCUT2D eigenvalue weighted by atomic mass is 10.1. The van der Waals surface area contributed by atoms with Crippen molar-refractivity contribution in [2.24, 2.45) is 0 Å². The maximum atomic E-state index is 9.65. The van der Waals surface area contributed by atoms with Crippen LogP contribution >= 0.6 is 0 Å². The van der Waals surface area contributed by atoms with E-state index in [9.17, 15) is 5.11 Å². The molecule has 0 bridgehead atoms. The molecule has 0 aromatic rings. The first-order chi connectivity index (χ1) is 7.69. The van der Waals surface area contributed by atoms with Gasteiger partial charge in [-0.15, -0.1) is 0 Å². The van der Waals surface area contributed by atoms with Crippen LogP contribution in [-0.4, -0.2) is 70.9 Å². The van der Waals surface area contributed by atoms with Crippen molar-refractivity contribution in [2.75, 3.05) is 35.0 Å². The van der Waals surface area contributed by atoms with Crippen LogP contribution in [-0.2, 0) is 23.7 Å². The Labute approximate surface area is 95.4 Å². The fourth-order valence-electron chi connectivity index (χ4n) is 1.94. The molecular weight excluding hydrogens is 216 g/mol. The Morgan fingerprint density at radius 3 is 2.19 bits per heavy atom. The predicted molar refractivity (Wildman–Crippen MR) is 55.1 cm³/mol. The van der Waals surface area contributed by atoms with E-state index in [1.54, 1.807) is 21.3 Å². The third kappa shape index (κ3) is 2.71. The van der Waals surface area contributed by atoms with Gasteiger partial charge in [0.15, 0.2) is 6.29 Å². The topological polar surface area (TPSA) is 66.4 Å². The molecule has 0 saturated carbocycles. The number of hydrogen-bond acceptors (Lipinski definition) is 6. The van der Waals surface area contributed by atoms with Crippen molar-refractivity contribution in [1.82, 2.24) is 0 Å². The zero-order valence-corrected chi connectivity index (χ0v) is 10.1. The van der Waals surface area contributed by atoms with Crippen molar-refractivity contribution in [1.29, 1.82) is 0 Å². The molecule has 5 atom stereocenters. The van der Waals surface area contributed by atoms with E-state index in [-0.39, 0.29) is 12.2 Å². The summed E-state index contributed by atoms with van der Waals surface area (Å²) in [7, 11) is 6.19. The molecule has 1 rings (SSSR count). The summed E-state index contributed by atoms with van der Waals surface area (Å²) in [5, 5.41) is 9.65. The fraction of sp³-hybridized carbons (Fsp3) is 1.00. The maximum Gasteiger partial charge on any atom is 0.184 e. The van der Waals surface area contributed by atoms with Crippen molar-refractivity contribution in [3.8, 4) is 0 Å². The Morgan fingerprint density at radius 1 is 1.12 bits per heavy atom. The summed E-state index contributed by atoms with van der Waals surface area (Å²) in [5.74, 6) is 0. The second-order valence-corrected chi connectivity index (χ2v) is 3.62. The number of methoxy groups -OCH3 is 4. The first kappa shape index (κ1) is 13.8. The first-order valence-electron chi connectivity index (χ1n) is 5.10. The molecule has 1 N–H and O–H groups in total. The Hall–Kier alpha value is -0.240. The van der Waals surface area contributed by atoms with Gasteiger partial charge in [-0.05, 0) is 0 Å². The van der Waals surface area contributed by atoms with E-state index >= 15 is 0 Å². The molecule has 0 amide bonds. The van der Waals surface area contributed by atoms with E-state index < -0.39 is 18.5 Å². The summed E-state index contributed by atoms with van der Waals surface area (Å²) in [5.41, 5.74) is 0. The normalized spacial score (nSPS) is 36.6. The molecular formula is C10H20O6. The summed E-state index contributed by atoms with van der Waals surface area (Å²) in [6.07, 6.45) is -2.60. The lowest BCUT2D eigenvalue weighted by Gasteiger charge is -2.26. The molecule has 1 aliphatic rings. The molecule has 0 aliphatic carbocycles. The van der Waals surface area contributed by atoms with Crippen LogP contribution in [0.4, 0.5) is 0 Å². The number of aliphatic hydroxyl groups excluding tert-OH is 1. The molecule has 0 aromatic heterocycles. The van der Waals surface area contributed by atoms with Gasteiger partial charge in [-0.25, -0.2) is 0 Å². The molecule has 1 heterocycles. The summed E-state index contributed by atoms with van der Waals surface area (Å²) in [6.45, 7) is 0.365. The molecule has 0 aromatic carbocycles. The predicted octanol–water partition coefficient (Wildman–Crippen LogP) is -0.605. The van der Waals surface area contributed by atoms with Gasteiger partial charge < -0.3 is 28.8 Å². The van der Waals surface area contributed by atoms with Crippen molar-refractivity contribution in [3.63, 3.8) is 0 Å². The van der Waals surface area contributed by atoms with Crippen LogP contribution in [0, 0.1) is 0 Å². The van der Waals surface area contributed by atoms with E-state index in [2.05, 4.69) is 0 Å². The number of hydrogen-bond donors (Lipinski definition) is 1. The fourth-order valence-corrected chi connectivity index (χ4v) is 1.94. The summed E-state index contributed by atoms with van der Waals surface area (Å²) >= 11 is 0. The highest BCUT2D eigenvalue weighted by molar-refractivity contribution is 4.92. The van der Waals surface area contributed by atoms with Crippen LogP contribution in [0.3, 0.4) is 0 Å². The lowest BCUT2D eigenvalue weighted by Crippen LogP contribution is -2.43. The number of rotatable bonds is 6. The van der Waals surface area contributed by atoms with Gasteiger partial charge in [-0.1, -0.05) is 0 Å². The Kier molecular flexibility index (Phi) is 5.60. The lowest BCUT2D eigenvalue weighted by molar-refractivity contribution is -0.160. The first-order valence-corrected chi connectivity index (χ1v) is 5.10. The van der Waals surface area contributed by atoms with Gasteiger partial charge in [-0.3, -0.25) is 0 Å². The largest absolute Gasteiger partial charge is 0.382 e. The van der Waals surface area contributed by atoms with E-state index in [4.69, 9.17) is 23.7 Å². The highest BCUT2D eigenvalue weighted by atomic mass is 16.7. The zero-order valence-electron chi connectivity index (χ0n) is 10.1. The van der Waals surface area contributed by atoms with Crippen LogP contribution < -0.4 is 0 Å². The minimum atomic E-state index is -1.01. The highest BCUT2D eigenvalue weighted by Crippen LogP contribution is 2.27. The molecule has 96 valence electrons. The van der Waals surface area contributed by atoms with E-state index in [1.165, 1.54) is 7.11 Å². The molecule has 0 radical (unpaired) electrons. The third-order valence-electron chi connectivity index (χ3n) is 2.77. The Morgan fingerprint density at radius 2 is 1.75 bits per heavy atom. The van der Waals surface area contributed by atoms with Crippen molar-refractivity contribution in [3.05, 3.63) is 0 Å². The SMILES string of the molecule is COC[C@H](OC)[C@@H]1O[C@H](O)[C@@H](OC)[C@@H]1OC. The van der Waals surface area contributed by atoms with Crippen LogP contribution in [0.5, 0.6) is 0 Å². The number of ether oxygens (including phenoxy) is 5. The van der Waals surface area contributed by atoms with Gasteiger partial charge in [0.1, 0.15) is 24.4 Å². The van der Waals surface area contributed by atoms with Gasteiger partial charge in [0.25, 0.3) is 0 Å². The second-order valence-electron chi connectivity index (χ2n) is 3.62. The molecule has 0 spiro atoms. The van der Waals surface area contributed by atoms with E-state index in [0.29, 0.717) is 6.61 Å². The van der Waals surface area contributed by atoms with Crippen molar-refractivity contribution >= 4 is 0 Å². The van der Waals surface area contributed by atoms with Crippen molar-refractivity contribution in [2.45, 2.75) is 30.7 Å². The Bertz CT molecular complexity index is 200. The van der Waals surface area contributed by atoms with E-state index in [1.807, 2.05) is 0 Å². The molecule has 6 heteroatoms. The van der Waals surface area contributed by atoms with Crippen molar-refractivity contribution < 1.29 is 28.8 Å². The monoisotopic (exact) mass is 236 g/mol. The second kappa shape index (κ2) is 6.48.